The number of aliphatic hydroxyl groups excluding tert-OH is 1. The first-order valence-corrected chi connectivity index (χ1v) is 8.37. The summed E-state index contributed by atoms with van der Waals surface area (Å²) in [6, 6.07) is 6.25. The Morgan fingerprint density at radius 1 is 1.20 bits per heavy atom. The van der Waals surface area contributed by atoms with Gasteiger partial charge in [0.25, 0.3) is 0 Å². The van der Waals surface area contributed by atoms with Gasteiger partial charge in [0.05, 0.1) is 19.1 Å². The van der Waals surface area contributed by atoms with Gasteiger partial charge in [-0.1, -0.05) is 30.7 Å². The van der Waals surface area contributed by atoms with Gasteiger partial charge in [-0.15, -0.1) is 0 Å². The maximum absolute atomic E-state index is 12.0. The molecular formula is C19H27NO5. The number of hydrogen-bond acceptors (Lipinski definition) is 4. The van der Waals surface area contributed by atoms with Gasteiger partial charge in [0.2, 0.25) is 5.91 Å². The van der Waals surface area contributed by atoms with Crippen molar-refractivity contribution in [3.8, 4) is 5.75 Å². The van der Waals surface area contributed by atoms with Crippen LogP contribution in [0.4, 0.5) is 0 Å². The molecule has 0 saturated carbocycles. The summed E-state index contributed by atoms with van der Waals surface area (Å²) in [4.78, 5) is 22.7. The zero-order valence-corrected chi connectivity index (χ0v) is 14.7. The molecule has 0 spiro atoms. The predicted molar refractivity (Wildman–Crippen MR) is 95.2 cm³/mol. The number of nitrogens with one attached hydrogen (secondary N) is 1. The van der Waals surface area contributed by atoms with E-state index in [-0.39, 0.29) is 43.1 Å². The van der Waals surface area contributed by atoms with E-state index in [9.17, 15) is 19.8 Å². The molecule has 0 bridgehead atoms. The van der Waals surface area contributed by atoms with E-state index in [1.807, 2.05) is 19.9 Å². The standard InChI is InChI=1S/C19H27NO5/c1-13(9-14(2)10-19(24)25)3-8-18(23)20-16(12-21)11-15-4-6-17(22)7-5-15/h4-7,9,14,16,21-22H,3,8,10-12H2,1-2H3,(H,20,23)(H,24,25)/b13-9+/t14-,16-/m0/s1. The average molecular weight is 349 g/mol. The Morgan fingerprint density at radius 3 is 2.40 bits per heavy atom. The monoisotopic (exact) mass is 349 g/mol. The Hall–Kier alpha value is -2.34. The fourth-order valence-electron chi connectivity index (χ4n) is 2.59. The van der Waals surface area contributed by atoms with Crippen LogP contribution in [0.15, 0.2) is 35.9 Å². The van der Waals surface area contributed by atoms with Crippen LogP contribution >= 0.6 is 0 Å². The number of allylic oxidation sites excluding steroid dienone is 2. The van der Waals surface area contributed by atoms with E-state index >= 15 is 0 Å². The second kappa shape index (κ2) is 10.5. The topological polar surface area (TPSA) is 107 Å². The molecule has 25 heavy (non-hydrogen) atoms. The van der Waals surface area contributed by atoms with Crippen LogP contribution in [0, 0.1) is 5.92 Å². The molecule has 0 heterocycles. The Kier molecular flexibility index (Phi) is 8.70. The van der Waals surface area contributed by atoms with Gasteiger partial charge in [-0.3, -0.25) is 9.59 Å². The first-order valence-electron chi connectivity index (χ1n) is 8.37. The number of carboxylic acids is 1. The molecule has 0 aromatic heterocycles. The number of aromatic hydroxyl groups is 1. The highest BCUT2D eigenvalue weighted by atomic mass is 16.4. The van der Waals surface area contributed by atoms with Crippen LogP contribution < -0.4 is 5.32 Å². The predicted octanol–water partition coefficient (Wildman–Crippen LogP) is 2.25. The van der Waals surface area contributed by atoms with Crippen molar-refractivity contribution in [1.29, 1.82) is 0 Å². The lowest BCUT2D eigenvalue weighted by Crippen LogP contribution is -2.39. The number of aliphatic hydroxyl groups is 1. The lowest BCUT2D eigenvalue weighted by molar-refractivity contribution is -0.137. The molecule has 0 saturated heterocycles. The maximum atomic E-state index is 12.0. The number of benzene rings is 1. The zero-order chi connectivity index (χ0) is 18.8. The highest BCUT2D eigenvalue weighted by Crippen LogP contribution is 2.13. The first-order chi connectivity index (χ1) is 11.8. The van der Waals surface area contributed by atoms with Gasteiger partial charge in [0.1, 0.15) is 5.75 Å². The van der Waals surface area contributed by atoms with E-state index in [0.29, 0.717) is 12.8 Å². The van der Waals surface area contributed by atoms with Gasteiger partial charge >= 0.3 is 5.97 Å². The van der Waals surface area contributed by atoms with E-state index in [0.717, 1.165) is 11.1 Å². The lowest BCUT2D eigenvalue weighted by atomic mass is 10.0. The third-order valence-corrected chi connectivity index (χ3v) is 3.82. The zero-order valence-electron chi connectivity index (χ0n) is 14.7. The molecule has 0 aliphatic heterocycles. The summed E-state index contributed by atoms with van der Waals surface area (Å²) in [5.41, 5.74) is 1.89. The minimum absolute atomic E-state index is 0.0692. The quantitative estimate of drug-likeness (QED) is 0.485. The van der Waals surface area contributed by atoms with Gasteiger partial charge in [-0.2, -0.15) is 0 Å². The number of carbonyl (C=O) groups excluding carboxylic acids is 1. The molecule has 2 atom stereocenters. The van der Waals surface area contributed by atoms with Gasteiger partial charge in [0, 0.05) is 6.42 Å². The SMILES string of the molecule is C/C(=C\[C@H](C)CC(=O)O)CCC(=O)N[C@H](CO)Cc1ccc(O)cc1. The highest BCUT2D eigenvalue weighted by molar-refractivity contribution is 5.76. The number of amides is 1. The number of phenolic OH excluding ortho intramolecular Hbond substituents is 1. The molecule has 138 valence electrons. The molecule has 4 N–H and O–H groups in total. The average Bonchev–Trinajstić information content (AvgIpc) is 2.53. The Bertz CT molecular complexity index is 594. The summed E-state index contributed by atoms with van der Waals surface area (Å²) in [6.07, 6.45) is 3.26. The normalized spacial score (nSPS) is 14.0. The number of carboxylic acid groups (broad SMARTS) is 1. The number of aliphatic carboxylic acids is 1. The summed E-state index contributed by atoms with van der Waals surface area (Å²) in [5, 5.41) is 30.3. The molecule has 0 aliphatic rings. The molecule has 0 radical (unpaired) electrons. The van der Waals surface area contributed by atoms with Crippen molar-refractivity contribution in [3.05, 3.63) is 41.5 Å². The van der Waals surface area contributed by atoms with E-state index in [2.05, 4.69) is 5.32 Å². The first kappa shape index (κ1) is 20.7. The molecule has 0 fully saturated rings. The minimum atomic E-state index is -0.839. The Morgan fingerprint density at radius 2 is 1.84 bits per heavy atom. The molecule has 6 nitrogen and oxygen atoms in total. The molecule has 1 rings (SSSR count). The Labute approximate surface area is 148 Å². The van der Waals surface area contributed by atoms with E-state index in [4.69, 9.17) is 5.11 Å². The van der Waals surface area contributed by atoms with Crippen molar-refractivity contribution >= 4 is 11.9 Å². The van der Waals surface area contributed by atoms with Crippen molar-refractivity contribution in [2.45, 2.75) is 45.6 Å². The number of rotatable bonds is 10. The van der Waals surface area contributed by atoms with Crippen LogP contribution in [0.3, 0.4) is 0 Å². The molecule has 1 amide bonds. The van der Waals surface area contributed by atoms with Gasteiger partial charge in [0.15, 0.2) is 0 Å². The van der Waals surface area contributed by atoms with Gasteiger partial charge < -0.3 is 20.6 Å². The minimum Gasteiger partial charge on any atom is -0.508 e. The number of hydrogen-bond donors (Lipinski definition) is 4. The van der Waals surface area contributed by atoms with Crippen molar-refractivity contribution in [1.82, 2.24) is 5.32 Å². The van der Waals surface area contributed by atoms with Gasteiger partial charge in [-0.05, 0) is 43.4 Å². The summed E-state index contributed by atoms with van der Waals surface area (Å²) < 4.78 is 0. The van der Waals surface area contributed by atoms with E-state index < -0.39 is 5.97 Å². The molecular weight excluding hydrogens is 322 g/mol. The van der Waals surface area contributed by atoms with Crippen LogP contribution in [0.5, 0.6) is 5.75 Å². The maximum Gasteiger partial charge on any atom is 0.303 e. The van der Waals surface area contributed by atoms with Gasteiger partial charge in [-0.25, -0.2) is 0 Å². The van der Waals surface area contributed by atoms with Crippen molar-refractivity contribution in [3.63, 3.8) is 0 Å². The second-order valence-electron chi connectivity index (χ2n) is 6.41. The largest absolute Gasteiger partial charge is 0.508 e. The fourth-order valence-corrected chi connectivity index (χ4v) is 2.59. The number of carbonyl (C=O) groups is 2. The highest BCUT2D eigenvalue weighted by Gasteiger charge is 2.13. The third-order valence-electron chi connectivity index (χ3n) is 3.82. The van der Waals surface area contributed by atoms with Crippen molar-refractivity contribution < 1.29 is 24.9 Å². The number of phenols is 1. The van der Waals surface area contributed by atoms with Crippen molar-refractivity contribution in [2.75, 3.05) is 6.61 Å². The molecule has 1 aromatic carbocycles. The third kappa shape index (κ3) is 8.91. The molecule has 6 heteroatoms. The van der Waals surface area contributed by atoms with Crippen molar-refractivity contribution in [2.24, 2.45) is 5.92 Å². The smallest absolute Gasteiger partial charge is 0.303 e. The fraction of sp³-hybridized carbons (Fsp3) is 0.474. The summed E-state index contributed by atoms with van der Waals surface area (Å²) in [7, 11) is 0. The van der Waals surface area contributed by atoms with Crippen LogP contribution in [0.25, 0.3) is 0 Å². The van der Waals surface area contributed by atoms with Crippen LogP contribution in [0.2, 0.25) is 0 Å². The molecule has 1 aromatic rings. The Balaban J connectivity index is 2.44. The summed E-state index contributed by atoms with van der Waals surface area (Å²) >= 11 is 0. The van der Waals surface area contributed by atoms with E-state index in [1.54, 1.807) is 24.3 Å². The van der Waals surface area contributed by atoms with E-state index in [1.165, 1.54) is 0 Å². The van der Waals surface area contributed by atoms with Crippen LogP contribution in [-0.4, -0.2) is 39.8 Å². The second-order valence-corrected chi connectivity index (χ2v) is 6.41. The summed E-state index contributed by atoms with van der Waals surface area (Å²) in [6.45, 7) is 3.54. The van der Waals surface area contributed by atoms with Crippen LogP contribution in [-0.2, 0) is 16.0 Å². The summed E-state index contributed by atoms with van der Waals surface area (Å²) in [5.74, 6) is -0.890. The lowest BCUT2D eigenvalue weighted by Gasteiger charge is -2.16. The van der Waals surface area contributed by atoms with Crippen LogP contribution in [0.1, 0.15) is 38.7 Å². The molecule has 0 unspecified atom stereocenters. The molecule has 0 aliphatic carbocycles.